The van der Waals surface area contributed by atoms with Crippen LogP contribution < -0.4 is 9.68 Å². The van der Waals surface area contributed by atoms with Gasteiger partial charge in [-0.15, -0.1) is 0 Å². The first-order chi connectivity index (χ1) is 28.4. The molecular formula is C57H87BN2S. The highest BCUT2D eigenvalue weighted by Crippen LogP contribution is 2.55. The van der Waals surface area contributed by atoms with Crippen LogP contribution >= 0.6 is 11.3 Å². The van der Waals surface area contributed by atoms with E-state index in [1.165, 1.54) is 55.5 Å². The first-order valence-corrected chi connectivity index (χ1v) is 25.5. The summed E-state index contributed by atoms with van der Waals surface area (Å²) in [6.45, 7) is 45.9. The molecule has 0 N–H and O–H groups in total. The monoisotopic (exact) mass is 843 g/mol. The Balaban J connectivity index is 1.68. The van der Waals surface area contributed by atoms with Gasteiger partial charge in [0.15, 0.2) is 0 Å². The Morgan fingerprint density at radius 1 is 0.934 bits per heavy atom. The summed E-state index contributed by atoms with van der Waals surface area (Å²) in [6.07, 6.45) is 28.5. The van der Waals surface area contributed by atoms with Gasteiger partial charge in [-0.3, -0.25) is 0 Å². The number of anilines is 1. The van der Waals surface area contributed by atoms with E-state index in [9.17, 15) is 0 Å². The molecule has 3 heterocycles. The fourth-order valence-corrected chi connectivity index (χ4v) is 12.9. The number of fused-ring (bicyclic) bond motifs is 6. The molecule has 0 saturated heterocycles. The van der Waals surface area contributed by atoms with Crippen molar-refractivity contribution >= 4 is 28.5 Å². The number of hydrogen-bond donors (Lipinski definition) is 0. The van der Waals surface area contributed by atoms with E-state index in [0.717, 1.165) is 32.4 Å². The van der Waals surface area contributed by atoms with Crippen LogP contribution in [0.25, 0.3) is 0 Å². The lowest BCUT2D eigenvalue weighted by Gasteiger charge is -2.48. The SMILES string of the molecule is C/C=C\C1=C2CN(C/C=C\C3=C(C)C(C)CCC3C)c3c(sc4c3C(C)(C)CCC4(C)C)B2C2=C(CC(CC)C(C(C)CC)=C2)N1C(=C/CC(C)(C)C)/C(C)=C\CC(C)(C)C. The summed E-state index contributed by atoms with van der Waals surface area (Å²) in [5, 5.41) is 0. The van der Waals surface area contributed by atoms with Crippen molar-refractivity contribution < 1.29 is 0 Å². The zero-order valence-corrected chi connectivity index (χ0v) is 43.3. The Morgan fingerprint density at radius 2 is 1.57 bits per heavy atom. The molecule has 2 aliphatic heterocycles. The molecule has 1 aromatic rings. The van der Waals surface area contributed by atoms with Crippen molar-refractivity contribution in [3.8, 4) is 0 Å². The Hall–Kier alpha value is -2.72. The molecule has 6 rings (SSSR count). The van der Waals surface area contributed by atoms with Gasteiger partial charge in [0.05, 0.1) is 0 Å². The van der Waals surface area contributed by atoms with Crippen LogP contribution in [0.1, 0.15) is 193 Å². The summed E-state index contributed by atoms with van der Waals surface area (Å²) < 4.78 is 1.61. The summed E-state index contributed by atoms with van der Waals surface area (Å²) >= 11 is 2.20. The lowest BCUT2D eigenvalue weighted by atomic mass is 9.34. The van der Waals surface area contributed by atoms with Crippen molar-refractivity contribution in [1.82, 2.24) is 4.90 Å². The van der Waals surface area contributed by atoms with E-state index in [1.54, 1.807) is 54.3 Å². The molecule has 61 heavy (non-hydrogen) atoms. The number of rotatable bonds is 11. The largest absolute Gasteiger partial charge is 0.364 e. The highest BCUT2D eigenvalue weighted by molar-refractivity contribution is 7.27. The second kappa shape index (κ2) is 18.0. The van der Waals surface area contributed by atoms with Crippen LogP contribution in [0.15, 0.2) is 92.9 Å². The van der Waals surface area contributed by atoms with E-state index >= 15 is 0 Å². The summed E-state index contributed by atoms with van der Waals surface area (Å²) in [7, 11) is 0. The molecule has 0 saturated carbocycles. The molecule has 4 atom stereocenters. The molecule has 3 aliphatic carbocycles. The van der Waals surface area contributed by atoms with Crippen LogP contribution in [-0.4, -0.2) is 24.7 Å². The highest BCUT2D eigenvalue weighted by Gasteiger charge is 2.51. The van der Waals surface area contributed by atoms with Crippen LogP contribution in [0.2, 0.25) is 0 Å². The predicted molar refractivity (Wildman–Crippen MR) is 273 cm³/mol. The normalized spacial score (nSPS) is 25.4. The Morgan fingerprint density at radius 3 is 2.20 bits per heavy atom. The Labute approximate surface area is 380 Å². The average Bonchev–Trinajstić information content (AvgIpc) is 3.62. The predicted octanol–water partition coefficient (Wildman–Crippen LogP) is 16.1. The fraction of sp³-hybridized carbons (Fsp3) is 0.649. The van der Waals surface area contributed by atoms with Gasteiger partial charge in [0.2, 0.25) is 0 Å². The lowest BCUT2D eigenvalue weighted by molar-refractivity contribution is 0.339. The first-order valence-electron chi connectivity index (χ1n) is 24.7. The summed E-state index contributed by atoms with van der Waals surface area (Å²) in [5.74, 6) is 2.42. The van der Waals surface area contributed by atoms with Crippen LogP contribution in [-0.2, 0) is 10.8 Å². The van der Waals surface area contributed by atoms with Crippen LogP contribution in [0.4, 0.5) is 5.69 Å². The summed E-state index contributed by atoms with van der Waals surface area (Å²) in [6, 6.07) is 0. The van der Waals surface area contributed by atoms with Gasteiger partial charge in [-0.25, -0.2) is 0 Å². The van der Waals surface area contributed by atoms with Crippen molar-refractivity contribution in [1.29, 1.82) is 0 Å². The molecule has 334 valence electrons. The van der Waals surface area contributed by atoms with Gasteiger partial charge in [0.25, 0.3) is 6.71 Å². The Bertz CT molecular complexity index is 2070. The third-order valence-electron chi connectivity index (χ3n) is 15.5. The first kappa shape index (κ1) is 47.8. The minimum Gasteiger partial charge on any atom is -0.364 e. The molecule has 1 aromatic heterocycles. The second-order valence-electron chi connectivity index (χ2n) is 23.9. The summed E-state index contributed by atoms with van der Waals surface area (Å²) in [4.78, 5) is 7.30. The zero-order valence-electron chi connectivity index (χ0n) is 42.5. The van der Waals surface area contributed by atoms with Crippen molar-refractivity contribution in [3.63, 3.8) is 0 Å². The zero-order chi connectivity index (χ0) is 45.0. The van der Waals surface area contributed by atoms with Gasteiger partial charge < -0.3 is 9.80 Å². The third-order valence-corrected chi connectivity index (χ3v) is 17.1. The number of thiophene rings is 1. The molecule has 0 aromatic carbocycles. The van der Waals surface area contributed by atoms with Gasteiger partial charge in [0, 0.05) is 45.5 Å². The molecule has 0 amide bonds. The van der Waals surface area contributed by atoms with E-state index < -0.39 is 0 Å². The smallest absolute Gasteiger partial charge is 0.259 e. The van der Waals surface area contributed by atoms with Crippen molar-refractivity contribution in [2.24, 2.45) is 34.5 Å². The average molecular weight is 843 g/mol. The second-order valence-corrected chi connectivity index (χ2v) is 25.0. The number of allylic oxidation sites excluding steroid dienone is 12. The fourth-order valence-electron chi connectivity index (χ4n) is 11.1. The number of nitrogens with zero attached hydrogens (tertiary/aromatic N) is 2. The maximum atomic E-state index is 2.84. The topological polar surface area (TPSA) is 6.48 Å². The quantitative estimate of drug-likeness (QED) is 0.162. The molecule has 0 radical (unpaired) electrons. The van der Waals surface area contributed by atoms with Gasteiger partial charge in [-0.1, -0.05) is 151 Å². The standard InChI is InChI=1S/C57H87BN2S/c1-19-23-48-46-36-59(33-22-24-43-39(6)26-25-38(5)41(43)8)51-50-52(57(17,18)32-31-56(50,15)16)61-53(51)58(46)45-35-44(37(4)20-2)42(21-3)34-49(45)60(48)47(28-30-55(12,13)14)40(7)27-29-54(9,10)11/h19,22-24,27-28,35,37-39,42H,20-21,25-26,29-34,36H2,1-18H3/b23-19-,24-22-,40-27-,47-28+. The van der Waals surface area contributed by atoms with Gasteiger partial charge in [-0.05, 0) is 158 Å². The van der Waals surface area contributed by atoms with Crippen LogP contribution in [0.3, 0.4) is 0 Å². The maximum absolute atomic E-state index is 2.84. The van der Waals surface area contributed by atoms with Crippen LogP contribution in [0, 0.1) is 34.5 Å². The molecule has 4 heteroatoms. The van der Waals surface area contributed by atoms with E-state index in [-0.39, 0.29) is 28.4 Å². The van der Waals surface area contributed by atoms with Gasteiger partial charge >= 0.3 is 0 Å². The Kier molecular flexibility index (Phi) is 14.1. The molecule has 4 unspecified atom stereocenters. The van der Waals surface area contributed by atoms with Gasteiger partial charge in [-0.2, -0.15) is 11.3 Å². The number of hydrogen-bond acceptors (Lipinski definition) is 3. The van der Waals surface area contributed by atoms with Crippen molar-refractivity contribution in [2.75, 3.05) is 18.0 Å². The molecule has 5 aliphatic rings. The lowest BCUT2D eigenvalue weighted by Crippen LogP contribution is -2.53. The van der Waals surface area contributed by atoms with E-state index in [2.05, 4.69) is 188 Å². The third kappa shape index (κ3) is 9.71. The van der Waals surface area contributed by atoms with E-state index in [0.29, 0.717) is 23.7 Å². The molecule has 0 bridgehead atoms. The minimum atomic E-state index is 0.129. The van der Waals surface area contributed by atoms with Crippen molar-refractivity contribution in [2.45, 2.75) is 193 Å². The molecule has 2 nitrogen and oxygen atoms in total. The van der Waals surface area contributed by atoms with E-state index in [4.69, 9.17) is 0 Å². The van der Waals surface area contributed by atoms with Crippen molar-refractivity contribution in [3.05, 3.63) is 103 Å². The highest BCUT2D eigenvalue weighted by atomic mass is 32.1. The maximum Gasteiger partial charge on any atom is 0.259 e. The molecule has 0 spiro atoms. The van der Waals surface area contributed by atoms with Gasteiger partial charge in [0.1, 0.15) is 0 Å². The minimum absolute atomic E-state index is 0.129. The van der Waals surface area contributed by atoms with Crippen LogP contribution in [0.5, 0.6) is 0 Å². The molecular weight excluding hydrogens is 756 g/mol. The van der Waals surface area contributed by atoms with E-state index in [1.807, 2.05) is 0 Å². The molecule has 0 fully saturated rings. The summed E-state index contributed by atoms with van der Waals surface area (Å²) in [5.41, 5.74) is 17.7.